The third-order valence-corrected chi connectivity index (χ3v) is 6.85. The molecule has 0 nitrogen and oxygen atoms in total. The summed E-state index contributed by atoms with van der Waals surface area (Å²) < 4.78 is 0. The van der Waals surface area contributed by atoms with Crippen LogP contribution in [0.3, 0.4) is 0 Å². The van der Waals surface area contributed by atoms with E-state index < -0.39 is 0 Å². The Balaban J connectivity index is 1.86. The lowest BCUT2D eigenvalue weighted by molar-refractivity contribution is 0.452. The smallest absolute Gasteiger partial charge is 0.0234 e. The van der Waals surface area contributed by atoms with E-state index in [2.05, 4.69) is 48.6 Å². The van der Waals surface area contributed by atoms with E-state index in [1.807, 2.05) is 0 Å². The third kappa shape index (κ3) is 1.79. The second kappa shape index (κ2) is 4.73. The van der Waals surface area contributed by atoms with E-state index in [1.165, 1.54) is 44.9 Å². The molecule has 20 heavy (non-hydrogen) atoms. The van der Waals surface area contributed by atoms with E-state index >= 15 is 0 Å². The molecule has 0 aliphatic heterocycles. The van der Waals surface area contributed by atoms with Crippen molar-refractivity contribution in [3.05, 3.63) is 50.8 Å². The Kier molecular flexibility index (Phi) is 2.99. The summed E-state index contributed by atoms with van der Waals surface area (Å²) in [6.07, 6.45) is 20.7. The van der Waals surface area contributed by atoms with Crippen molar-refractivity contribution in [1.29, 1.82) is 0 Å². The highest BCUT2D eigenvalue weighted by Crippen LogP contribution is 2.50. The summed E-state index contributed by atoms with van der Waals surface area (Å²) in [5.74, 6) is 0. The van der Waals surface area contributed by atoms with Crippen LogP contribution in [0.1, 0.15) is 59.9 Å². The molecule has 4 rings (SSSR count). The van der Waals surface area contributed by atoms with E-state index in [-0.39, 0.29) is 0 Å². The first-order valence-electron chi connectivity index (χ1n) is 7.97. The standard InChI is InChI=1S/C19H22S/c1-19(14-8-3-2-4-9-14)13-7-11-16-15-10-5-6-12-17(15)20-18(16)19/h2-3,5,8,10H,4,6-7,9,11-13H2,1H3. The number of aryl methyl sites for hydroxylation is 1. The number of thiophene rings is 1. The van der Waals surface area contributed by atoms with E-state index in [0.29, 0.717) is 5.41 Å². The van der Waals surface area contributed by atoms with Crippen LogP contribution >= 0.6 is 11.3 Å². The summed E-state index contributed by atoms with van der Waals surface area (Å²) in [6, 6.07) is 0. The highest BCUT2D eigenvalue weighted by Gasteiger charge is 2.38. The lowest BCUT2D eigenvalue weighted by Crippen LogP contribution is -2.29. The molecule has 1 aromatic heterocycles. The first-order chi connectivity index (χ1) is 9.79. The van der Waals surface area contributed by atoms with Crippen molar-refractivity contribution in [2.45, 2.75) is 57.3 Å². The van der Waals surface area contributed by atoms with Gasteiger partial charge in [-0.05, 0) is 56.1 Å². The van der Waals surface area contributed by atoms with Crippen molar-refractivity contribution in [1.82, 2.24) is 0 Å². The maximum atomic E-state index is 2.50. The SMILES string of the molecule is CC1(C2=CC=CCC2)CCCc2c1sc1c2C=CCC1. The summed E-state index contributed by atoms with van der Waals surface area (Å²) in [5, 5.41) is 0. The molecule has 3 aliphatic carbocycles. The summed E-state index contributed by atoms with van der Waals surface area (Å²) in [4.78, 5) is 3.35. The number of hydrogen-bond donors (Lipinski definition) is 0. The van der Waals surface area contributed by atoms with E-state index in [0.717, 1.165) is 0 Å². The van der Waals surface area contributed by atoms with Crippen molar-refractivity contribution >= 4 is 17.4 Å². The van der Waals surface area contributed by atoms with Crippen LogP contribution in [0.5, 0.6) is 0 Å². The molecule has 3 aliphatic rings. The third-order valence-electron chi connectivity index (χ3n) is 5.27. The fraction of sp³-hybridized carbons (Fsp3) is 0.474. The molecule has 1 unspecified atom stereocenters. The van der Waals surface area contributed by atoms with Crippen LogP contribution < -0.4 is 0 Å². The fourth-order valence-electron chi connectivity index (χ4n) is 4.12. The van der Waals surface area contributed by atoms with Crippen LogP contribution in [0.2, 0.25) is 0 Å². The molecular formula is C19H22S. The normalized spacial score (nSPS) is 27.9. The zero-order valence-corrected chi connectivity index (χ0v) is 13.1. The minimum atomic E-state index is 0.314. The van der Waals surface area contributed by atoms with E-state index in [4.69, 9.17) is 0 Å². The minimum Gasteiger partial charge on any atom is -0.144 e. The molecule has 0 N–H and O–H groups in total. The van der Waals surface area contributed by atoms with Gasteiger partial charge in [0.1, 0.15) is 0 Å². The van der Waals surface area contributed by atoms with Crippen molar-refractivity contribution in [2.75, 3.05) is 0 Å². The molecule has 1 atom stereocenters. The van der Waals surface area contributed by atoms with Crippen molar-refractivity contribution in [3.8, 4) is 0 Å². The van der Waals surface area contributed by atoms with Gasteiger partial charge in [0.25, 0.3) is 0 Å². The summed E-state index contributed by atoms with van der Waals surface area (Å²) in [5.41, 5.74) is 5.26. The second-order valence-corrected chi connectivity index (χ2v) is 7.64. The molecule has 0 radical (unpaired) electrons. The van der Waals surface area contributed by atoms with E-state index in [1.54, 1.807) is 26.5 Å². The van der Waals surface area contributed by atoms with Crippen LogP contribution in [-0.2, 0) is 18.3 Å². The monoisotopic (exact) mass is 282 g/mol. The molecule has 0 bridgehead atoms. The highest BCUT2D eigenvalue weighted by atomic mass is 32.1. The summed E-state index contributed by atoms with van der Waals surface area (Å²) >= 11 is 2.12. The van der Waals surface area contributed by atoms with Crippen LogP contribution in [0, 0.1) is 0 Å². The fourth-order valence-corrected chi connectivity index (χ4v) is 5.68. The molecule has 0 aromatic carbocycles. The molecule has 0 spiro atoms. The lowest BCUT2D eigenvalue weighted by atomic mass is 9.68. The molecule has 0 saturated carbocycles. The highest BCUT2D eigenvalue weighted by molar-refractivity contribution is 7.12. The number of allylic oxidation sites excluding steroid dienone is 5. The van der Waals surface area contributed by atoms with Gasteiger partial charge in [-0.25, -0.2) is 0 Å². The summed E-state index contributed by atoms with van der Waals surface area (Å²) in [6.45, 7) is 2.50. The van der Waals surface area contributed by atoms with Gasteiger partial charge in [-0.3, -0.25) is 0 Å². The molecule has 104 valence electrons. The average Bonchev–Trinajstić information content (AvgIpc) is 2.89. The summed E-state index contributed by atoms with van der Waals surface area (Å²) in [7, 11) is 0. The van der Waals surface area contributed by atoms with Gasteiger partial charge >= 0.3 is 0 Å². The van der Waals surface area contributed by atoms with Gasteiger partial charge in [0.05, 0.1) is 0 Å². The van der Waals surface area contributed by atoms with E-state index in [9.17, 15) is 0 Å². The number of rotatable bonds is 1. The molecule has 0 saturated heterocycles. The second-order valence-electron chi connectivity index (χ2n) is 6.53. The van der Waals surface area contributed by atoms with Gasteiger partial charge in [0.2, 0.25) is 0 Å². The Morgan fingerprint density at radius 1 is 1.10 bits per heavy atom. The van der Waals surface area contributed by atoms with Gasteiger partial charge < -0.3 is 0 Å². The number of fused-ring (bicyclic) bond motifs is 3. The Bertz CT molecular complexity index is 626. The van der Waals surface area contributed by atoms with Gasteiger partial charge in [-0.15, -0.1) is 11.3 Å². The lowest BCUT2D eigenvalue weighted by Gasteiger charge is -2.37. The molecule has 1 heterocycles. The van der Waals surface area contributed by atoms with Crippen LogP contribution in [0.25, 0.3) is 6.08 Å². The van der Waals surface area contributed by atoms with Crippen LogP contribution in [0.15, 0.2) is 29.9 Å². The quantitative estimate of drug-likeness (QED) is 0.631. The largest absolute Gasteiger partial charge is 0.144 e. The zero-order valence-electron chi connectivity index (χ0n) is 12.2. The Morgan fingerprint density at radius 3 is 2.85 bits per heavy atom. The maximum absolute atomic E-state index is 2.50. The maximum Gasteiger partial charge on any atom is 0.0234 e. The van der Waals surface area contributed by atoms with Gasteiger partial charge in [-0.1, -0.05) is 42.9 Å². The van der Waals surface area contributed by atoms with Gasteiger partial charge in [0.15, 0.2) is 0 Å². The first-order valence-corrected chi connectivity index (χ1v) is 8.78. The first kappa shape index (κ1) is 12.6. The predicted molar refractivity (Wildman–Crippen MR) is 88.4 cm³/mol. The molecule has 0 fully saturated rings. The van der Waals surface area contributed by atoms with Gasteiger partial charge in [-0.2, -0.15) is 0 Å². The Morgan fingerprint density at radius 2 is 2.00 bits per heavy atom. The molecule has 1 aromatic rings. The Labute approximate surface area is 125 Å². The van der Waals surface area contributed by atoms with Crippen molar-refractivity contribution < 1.29 is 0 Å². The van der Waals surface area contributed by atoms with Crippen molar-refractivity contribution in [3.63, 3.8) is 0 Å². The Hall–Kier alpha value is -1.08. The predicted octanol–water partition coefficient (Wildman–Crippen LogP) is 5.58. The minimum absolute atomic E-state index is 0.314. The molecule has 0 amide bonds. The van der Waals surface area contributed by atoms with Crippen LogP contribution in [-0.4, -0.2) is 0 Å². The molecular weight excluding hydrogens is 260 g/mol. The van der Waals surface area contributed by atoms with Gasteiger partial charge in [0, 0.05) is 15.2 Å². The van der Waals surface area contributed by atoms with Crippen LogP contribution in [0.4, 0.5) is 0 Å². The average molecular weight is 282 g/mol. The zero-order chi connectivity index (χ0) is 13.6. The topological polar surface area (TPSA) is 0 Å². The molecule has 1 heteroatoms. The van der Waals surface area contributed by atoms with Crippen molar-refractivity contribution in [2.24, 2.45) is 0 Å². The number of hydrogen-bond acceptors (Lipinski definition) is 1.